The van der Waals surface area contributed by atoms with E-state index in [-0.39, 0.29) is 11.8 Å². The van der Waals surface area contributed by atoms with E-state index in [0.29, 0.717) is 35.4 Å². The third-order valence-electron chi connectivity index (χ3n) is 3.03. The lowest BCUT2D eigenvalue weighted by atomic mass is 9.96. The van der Waals surface area contributed by atoms with Crippen molar-refractivity contribution < 1.29 is 13.9 Å². The van der Waals surface area contributed by atoms with Crippen LogP contribution in [0.25, 0.3) is 10.9 Å². The van der Waals surface area contributed by atoms with Gasteiger partial charge < -0.3 is 9.72 Å². The van der Waals surface area contributed by atoms with Crippen molar-refractivity contribution in [3.05, 3.63) is 35.8 Å². The number of nitrogens with one attached hydrogen (secondary N) is 1. The van der Waals surface area contributed by atoms with E-state index in [1.807, 2.05) is 0 Å². The Bertz CT molecular complexity index is 582. The number of aromatic amines is 1. The van der Waals surface area contributed by atoms with E-state index in [9.17, 15) is 9.18 Å². The van der Waals surface area contributed by atoms with Crippen LogP contribution in [0.2, 0.25) is 0 Å². The minimum absolute atomic E-state index is 0.294. The number of carbonyl (C=O) groups is 1. The Morgan fingerprint density at radius 3 is 3.00 bits per heavy atom. The summed E-state index contributed by atoms with van der Waals surface area (Å²) in [5, 5.41) is 0.436. The van der Waals surface area contributed by atoms with E-state index in [0.717, 1.165) is 0 Å². The second kappa shape index (κ2) is 6.06. The monoisotopic (exact) mass is 283 g/mol. The Morgan fingerprint density at radius 1 is 1.53 bits per heavy atom. The predicted molar refractivity (Wildman–Crippen MR) is 73.0 cm³/mol. The first-order valence-corrected chi connectivity index (χ1v) is 6.70. The standard InChI is InChI=1S/C14H15ClFNO2/c1-2-19-14(18)9(6-7-15)10-8-17-12-5-3-4-11(16)13(10)12/h3-5,8-9,17H,2,6-7H2,1H3. The maximum absolute atomic E-state index is 13.9. The quantitative estimate of drug-likeness (QED) is 0.673. The van der Waals surface area contributed by atoms with Crippen LogP contribution in [0.5, 0.6) is 0 Å². The summed E-state index contributed by atoms with van der Waals surface area (Å²) in [5.74, 6) is -0.946. The highest BCUT2D eigenvalue weighted by molar-refractivity contribution is 6.18. The molecule has 0 amide bonds. The van der Waals surface area contributed by atoms with Gasteiger partial charge in [0.05, 0.1) is 12.5 Å². The fourth-order valence-corrected chi connectivity index (χ4v) is 2.41. The molecule has 0 saturated carbocycles. The minimum atomic E-state index is -0.539. The Hall–Kier alpha value is -1.55. The summed E-state index contributed by atoms with van der Waals surface area (Å²) in [7, 11) is 0. The van der Waals surface area contributed by atoms with Crippen molar-refractivity contribution in [3.63, 3.8) is 0 Å². The van der Waals surface area contributed by atoms with Gasteiger partial charge in [-0.3, -0.25) is 4.79 Å². The van der Waals surface area contributed by atoms with E-state index in [4.69, 9.17) is 16.3 Å². The van der Waals surface area contributed by atoms with Crippen LogP contribution in [-0.4, -0.2) is 23.4 Å². The van der Waals surface area contributed by atoms with Crippen LogP contribution < -0.4 is 0 Å². The average Bonchev–Trinajstić information content (AvgIpc) is 2.81. The highest BCUT2D eigenvalue weighted by Crippen LogP contribution is 2.31. The normalized spacial score (nSPS) is 12.6. The molecule has 0 radical (unpaired) electrons. The van der Waals surface area contributed by atoms with Crippen molar-refractivity contribution in [2.75, 3.05) is 12.5 Å². The molecule has 0 aliphatic carbocycles. The first-order chi connectivity index (χ1) is 9.19. The zero-order chi connectivity index (χ0) is 13.8. The van der Waals surface area contributed by atoms with Crippen molar-refractivity contribution in [1.82, 2.24) is 4.98 Å². The number of halogens is 2. The smallest absolute Gasteiger partial charge is 0.313 e. The molecule has 1 aromatic carbocycles. The number of hydrogen-bond acceptors (Lipinski definition) is 2. The second-order valence-corrected chi connectivity index (χ2v) is 4.57. The van der Waals surface area contributed by atoms with E-state index in [1.165, 1.54) is 6.07 Å². The first kappa shape index (κ1) is 13.9. The van der Waals surface area contributed by atoms with Gasteiger partial charge in [-0.15, -0.1) is 11.6 Å². The van der Waals surface area contributed by atoms with E-state index < -0.39 is 5.92 Å². The highest BCUT2D eigenvalue weighted by Gasteiger charge is 2.25. The zero-order valence-electron chi connectivity index (χ0n) is 10.6. The molecular formula is C14H15ClFNO2. The highest BCUT2D eigenvalue weighted by atomic mass is 35.5. The molecule has 3 nitrogen and oxygen atoms in total. The van der Waals surface area contributed by atoms with Gasteiger partial charge in [-0.1, -0.05) is 6.07 Å². The molecule has 0 aliphatic heterocycles. The fourth-order valence-electron chi connectivity index (χ4n) is 2.19. The summed E-state index contributed by atoms with van der Waals surface area (Å²) in [6, 6.07) is 4.77. The van der Waals surface area contributed by atoms with Crippen LogP contribution in [0, 0.1) is 5.82 Å². The lowest BCUT2D eigenvalue weighted by molar-refractivity contribution is -0.145. The number of hydrogen-bond donors (Lipinski definition) is 1. The van der Waals surface area contributed by atoms with Crippen LogP contribution in [0.1, 0.15) is 24.8 Å². The van der Waals surface area contributed by atoms with Crippen LogP contribution in [0.15, 0.2) is 24.4 Å². The van der Waals surface area contributed by atoms with Gasteiger partial charge in [-0.25, -0.2) is 4.39 Å². The fraction of sp³-hybridized carbons (Fsp3) is 0.357. The summed E-state index contributed by atoms with van der Waals surface area (Å²) in [6.45, 7) is 2.04. The molecule has 0 fully saturated rings. The molecule has 0 aliphatic rings. The number of carbonyl (C=O) groups excluding carboxylic acids is 1. The molecular weight excluding hydrogens is 269 g/mol. The largest absolute Gasteiger partial charge is 0.466 e. The number of benzene rings is 1. The minimum Gasteiger partial charge on any atom is -0.466 e. The van der Waals surface area contributed by atoms with Gasteiger partial charge in [-0.05, 0) is 31.0 Å². The van der Waals surface area contributed by atoms with Gasteiger partial charge in [-0.2, -0.15) is 0 Å². The maximum Gasteiger partial charge on any atom is 0.313 e. The van der Waals surface area contributed by atoms with Gasteiger partial charge in [0.25, 0.3) is 0 Å². The van der Waals surface area contributed by atoms with Crippen molar-refractivity contribution >= 4 is 28.5 Å². The van der Waals surface area contributed by atoms with Gasteiger partial charge >= 0.3 is 5.97 Å². The molecule has 1 N–H and O–H groups in total. The summed E-state index contributed by atoms with van der Waals surface area (Å²) in [5.41, 5.74) is 1.27. The molecule has 102 valence electrons. The second-order valence-electron chi connectivity index (χ2n) is 4.19. The summed E-state index contributed by atoms with van der Waals surface area (Å²) in [6.07, 6.45) is 2.07. The molecule has 1 aromatic heterocycles. The lowest BCUT2D eigenvalue weighted by Gasteiger charge is -2.13. The Morgan fingerprint density at radius 2 is 2.32 bits per heavy atom. The van der Waals surface area contributed by atoms with E-state index in [2.05, 4.69) is 4.98 Å². The molecule has 0 saturated heterocycles. The maximum atomic E-state index is 13.9. The van der Waals surface area contributed by atoms with Crippen molar-refractivity contribution in [1.29, 1.82) is 0 Å². The van der Waals surface area contributed by atoms with E-state index in [1.54, 1.807) is 25.3 Å². The SMILES string of the molecule is CCOC(=O)C(CCCl)c1c[nH]c2cccc(F)c12. The van der Waals surface area contributed by atoms with Crippen LogP contribution >= 0.6 is 11.6 Å². The lowest BCUT2D eigenvalue weighted by Crippen LogP contribution is -2.16. The number of fused-ring (bicyclic) bond motifs is 1. The Kier molecular flexibility index (Phi) is 4.43. The predicted octanol–water partition coefficient (Wildman–Crippen LogP) is 3.58. The van der Waals surface area contributed by atoms with Gasteiger partial charge in [0.2, 0.25) is 0 Å². The number of esters is 1. The third kappa shape index (κ3) is 2.73. The zero-order valence-corrected chi connectivity index (χ0v) is 11.3. The van der Waals surface area contributed by atoms with Crippen LogP contribution in [0.3, 0.4) is 0 Å². The number of aromatic nitrogens is 1. The van der Waals surface area contributed by atoms with Crippen molar-refractivity contribution in [2.45, 2.75) is 19.3 Å². The Balaban J connectivity index is 2.47. The molecule has 19 heavy (non-hydrogen) atoms. The number of rotatable bonds is 5. The average molecular weight is 284 g/mol. The van der Waals surface area contributed by atoms with Crippen molar-refractivity contribution in [3.8, 4) is 0 Å². The number of ether oxygens (including phenoxy) is 1. The van der Waals surface area contributed by atoms with Gasteiger partial charge in [0.1, 0.15) is 5.82 Å². The van der Waals surface area contributed by atoms with E-state index >= 15 is 0 Å². The Labute approximate surface area is 115 Å². The topological polar surface area (TPSA) is 42.1 Å². The molecule has 1 heterocycles. The summed E-state index contributed by atoms with van der Waals surface area (Å²) < 4.78 is 19.0. The molecule has 1 atom stereocenters. The first-order valence-electron chi connectivity index (χ1n) is 6.17. The summed E-state index contributed by atoms with van der Waals surface area (Å²) in [4.78, 5) is 14.9. The molecule has 2 rings (SSSR count). The van der Waals surface area contributed by atoms with Crippen LogP contribution in [0.4, 0.5) is 4.39 Å². The molecule has 5 heteroatoms. The molecule has 0 spiro atoms. The summed E-state index contributed by atoms with van der Waals surface area (Å²) >= 11 is 5.74. The number of alkyl halides is 1. The molecule has 2 aromatic rings. The molecule has 0 bridgehead atoms. The van der Waals surface area contributed by atoms with Gasteiger partial charge in [0, 0.05) is 23.0 Å². The van der Waals surface area contributed by atoms with Crippen LogP contribution in [-0.2, 0) is 9.53 Å². The molecule has 1 unspecified atom stereocenters. The number of H-pyrrole nitrogens is 1. The van der Waals surface area contributed by atoms with Crippen molar-refractivity contribution in [2.24, 2.45) is 0 Å². The van der Waals surface area contributed by atoms with Gasteiger partial charge in [0.15, 0.2) is 0 Å². The third-order valence-corrected chi connectivity index (χ3v) is 3.25.